The van der Waals surface area contributed by atoms with Gasteiger partial charge in [0, 0.05) is 26.1 Å². The molecule has 1 aliphatic heterocycles. The second-order valence-electron chi connectivity index (χ2n) is 4.98. The van der Waals surface area contributed by atoms with Gasteiger partial charge in [-0.15, -0.1) is 16.4 Å². The first-order chi connectivity index (χ1) is 10.8. The van der Waals surface area contributed by atoms with Crippen molar-refractivity contribution < 1.29 is 9.59 Å². The molecule has 0 aliphatic carbocycles. The van der Waals surface area contributed by atoms with Gasteiger partial charge < -0.3 is 10.2 Å². The van der Waals surface area contributed by atoms with E-state index < -0.39 is 0 Å². The van der Waals surface area contributed by atoms with E-state index in [1.54, 1.807) is 6.07 Å². The Morgan fingerprint density at radius 3 is 3.09 bits per heavy atom. The SMILES string of the molecule is O=C(NCCCN1CCCC1=O)c1sccc1-n1cnnn1. The van der Waals surface area contributed by atoms with Crippen molar-refractivity contribution in [2.45, 2.75) is 19.3 Å². The zero-order chi connectivity index (χ0) is 15.4. The quantitative estimate of drug-likeness (QED) is 0.781. The first kappa shape index (κ1) is 14.6. The Morgan fingerprint density at radius 2 is 2.36 bits per heavy atom. The number of amides is 2. The van der Waals surface area contributed by atoms with Crippen molar-refractivity contribution in [1.29, 1.82) is 0 Å². The molecule has 0 spiro atoms. The lowest BCUT2D eigenvalue weighted by molar-refractivity contribution is -0.127. The summed E-state index contributed by atoms with van der Waals surface area (Å²) in [7, 11) is 0. The Labute approximate surface area is 131 Å². The topological polar surface area (TPSA) is 93.0 Å². The summed E-state index contributed by atoms with van der Waals surface area (Å²) in [5.74, 6) is 0.0683. The van der Waals surface area contributed by atoms with Crippen LogP contribution in [0.1, 0.15) is 28.9 Å². The van der Waals surface area contributed by atoms with Crippen LogP contribution in [-0.2, 0) is 4.79 Å². The molecule has 2 aromatic rings. The van der Waals surface area contributed by atoms with E-state index in [2.05, 4.69) is 20.8 Å². The summed E-state index contributed by atoms with van der Waals surface area (Å²) in [5.41, 5.74) is 0.669. The molecule has 1 aliphatic rings. The van der Waals surface area contributed by atoms with Crippen molar-refractivity contribution in [3.05, 3.63) is 22.7 Å². The Kier molecular flexibility index (Phi) is 4.42. The molecule has 0 atom stereocenters. The fourth-order valence-electron chi connectivity index (χ4n) is 2.42. The normalized spacial score (nSPS) is 14.5. The number of aromatic nitrogens is 4. The zero-order valence-electron chi connectivity index (χ0n) is 11.9. The molecule has 2 aromatic heterocycles. The molecule has 0 saturated carbocycles. The average molecular weight is 320 g/mol. The van der Waals surface area contributed by atoms with Crippen molar-refractivity contribution in [3.8, 4) is 5.69 Å². The maximum atomic E-state index is 12.2. The molecule has 116 valence electrons. The monoisotopic (exact) mass is 320 g/mol. The molecule has 3 heterocycles. The van der Waals surface area contributed by atoms with Crippen LogP contribution in [-0.4, -0.2) is 56.6 Å². The molecule has 3 rings (SSSR count). The van der Waals surface area contributed by atoms with Crippen LogP contribution >= 0.6 is 11.3 Å². The summed E-state index contributed by atoms with van der Waals surface area (Å²) >= 11 is 1.35. The molecule has 1 saturated heterocycles. The van der Waals surface area contributed by atoms with E-state index in [1.807, 2.05) is 10.3 Å². The van der Waals surface area contributed by atoms with E-state index in [9.17, 15) is 9.59 Å². The number of nitrogens with zero attached hydrogens (tertiary/aromatic N) is 5. The van der Waals surface area contributed by atoms with Crippen LogP contribution in [0.3, 0.4) is 0 Å². The van der Waals surface area contributed by atoms with E-state index in [1.165, 1.54) is 22.3 Å². The average Bonchev–Trinajstić information content (AvgIpc) is 3.24. The maximum Gasteiger partial charge on any atom is 0.263 e. The Morgan fingerprint density at radius 1 is 1.45 bits per heavy atom. The minimum Gasteiger partial charge on any atom is -0.351 e. The molecule has 1 fully saturated rings. The smallest absolute Gasteiger partial charge is 0.263 e. The minimum atomic E-state index is -0.145. The van der Waals surface area contributed by atoms with E-state index >= 15 is 0 Å². The summed E-state index contributed by atoms with van der Waals surface area (Å²) in [6.45, 7) is 2.07. The molecular formula is C13H16N6O2S. The minimum absolute atomic E-state index is 0.145. The second-order valence-corrected chi connectivity index (χ2v) is 5.90. The van der Waals surface area contributed by atoms with Crippen LogP contribution in [0.5, 0.6) is 0 Å². The van der Waals surface area contributed by atoms with Crippen LogP contribution < -0.4 is 5.32 Å². The summed E-state index contributed by atoms with van der Waals surface area (Å²) < 4.78 is 1.47. The fourth-order valence-corrected chi connectivity index (χ4v) is 3.21. The molecule has 1 N–H and O–H groups in total. The highest BCUT2D eigenvalue weighted by Crippen LogP contribution is 2.19. The third kappa shape index (κ3) is 3.14. The highest BCUT2D eigenvalue weighted by molar-refractivity contribution is 7.12. The van der Waals surface area contributed by atoms with Gasteiger partial charge in [-0.05, 0) is 34.7 Å². The van der Waals surface area contributed by atoms with Gasteiger partial charge >= 0.3 is 0 Å². The number of nitrogens with one attached hydrogen (secondary N) is 1. The Hall–Kier alpha value is -2.29. The third-order valence-corrected chi connectivity index (χ3v) is 4.41. The molecule has 22 heavy (non-hydrogen) atoms. The van der Waals surface area contributed by atoms with Crippen LogP contribution in [0.15, 0.2) is 17.8 Å². The highest BCUT2D eigenvalue weighted by Gasteiger charge is 2.19. The van der Waals surface area contributed by atoms with Gasteiger partial charge in [-0.25, -0.2) is 0 Å². The lowest BCUT2D eigenvalue weighted by atomic mass is 10.3. The summed E-state index contributed by atoms with van der Waals surface area (Å²) in [6.07, 6.45) is 3.80. The largest absolute Gasteiger partial charge is 0.351 e. The summed E-state index contributed by atoms with van der Waals surface area (Å²) in [4.78, 5) is 26.1. The highest BCUT2D eigenvalue weighted by atomic mass is 32.1. The molecule has 9 heteroatoms. The Bertz CT molecular complexity index is 653. The number of tetrazole rings is 1. The van der Waals surface area contributed by atoms with E-state index in [0.717, 1.165) is 19.4 Å². The predicted molar refractivity (Wildman–Crippen MR) is 79.8 cm³/mol. The van der Waals surface area contributed by atoms with Gasteiger partial charge in [0.1, 0.15) is 11.2 Å². The van der Waals surface area contributed by atoms with E-state index in [-0.39, 0.29) is 11.8 Å². The van der Waals surface area contributed by atoms with Crippen LogP contribution in [0.4, 0.5) is 0 Å². The number of carbonyl (C=O) groups is 2. The van der Waals surface area contributed by atoms with Crippen molar-refractivity contribution in [3.63, 3.8) is 0 Å². The molecule has 0 bridgehead atoms. The zero-order valence-corrected chi connectivity index (χ0v) is 12.8. The van der Waals surface area contributed by atoms with Crippen LogP contribution in [0.25, 0.3) is 5.69 Å². The fraction of sp³-hybridized carbons (Fsp3) is 0.462. The number of thiophene rings is 1. The van der Waals surface area contributed by atoms with Crippen molar-refractivity contribution in [1.82, 2.24) is 30.4 Å². The second kappa shape index (κ2) is 6.65. The maximum absolute atomic E-state index is 12.2. The van der Waals surface area contributed by atoms with Gasteiger partial charge in [0.05, 0.1) is 5.69 Å². The number of carbonyl (C=O) groups excluding carboxylic acids is 2. The lowest BCUT2D eigenvalue weighted by Crippen LogP contribution is -2.30. The van der Waals surface area contributed by atoms with Crippen molar-refractivity contribution in [2.24, 2.45) is 0 Å². The molecule has 0 radical (unpaired) electrons. The molecule has 0 aromatic carbocycles. The van der Waals surface area contributed by atoms with Crippen LogP contribution in [0.2, 0.25) is 0 Å². The Balaban J connectivity index is 1.50. The molecule has 2 amide bonds. The lowest BCUT2D eigenvalue weighted by Gasteiger charge is -2.15. The summed E-state index contributed by atoms with van der Waals surface area (Å²) in [6, 6.07) is 1.80. The molecule has 0 unspecified atom stereocenters. The van der Waals surface area contributed by atoms with Gasteiger partial charge in [-0.2, -0.15) is 4.68 Å². The van der Waals surface area contributed by atoms with Gasteiger partial charge in [0.15, 0.2) is 0 Å². The number of hydrogen-bond acceptors (Lipinski definition) is 6. The van der Waals surface area contributed by atoms with Gasteiger partial charge in [-0.1, -0.05) is 0 Å². The van der Waals surface area contributed by atoms with Gasteiger partial charge in [0.25, 0.3) is 5.91 Å². The number of rotatable bonds is 6. The van der Waals surface area contributed by atoms with Crippen LogP contribution in [0, 0.1) is 0 Å². The van der Waals surface area contributed by atoms with Gasteiger partial charge in [0.2, 0.25) is 5.91 Å². The van der Waals surface area contributed by atoms with E-state index in [0.29, 0.717) is 30.1 Å². The molecular weight excluding hydrogens is 304 g/mol. The standard InChI is InChI=1S/C13H16N6O2S/c20-11-3-1-6-18(11)7-2-5-14-13(21)12-10(4-8-22-12)19-9-15-16-17-19/h4,8-9H,1-3,5-7H2,(H,14,21). The first-order valence-corrected chi connectivity index (χ1v) is 8.00. The van der Waals surface area contributed by atoms with Crippen molar-refractivity contribution >= 4 is 23.2 Å². The number of likely N-dealkylation sites (tertiary alicyclic amines) is 1. The van der Waals surface area contributed by atoms with Crippen molar-refractivity contribution in [2.75, 3.05) is 19.6 Å². The van der Waals surface area contributed by atoms with Gasteiger partial charge in [-0.3, -0.25) is 9.59 Å². The third-order valence-electron chi connectivity index (χ3n) is 3.51. The predicted octanol–water partition coefficient (Wildman–Crippen LogP) is 0.466. The summed E-state index contributed by atoms with van der Waals surface area (Å²) in [5, 5.41) is 15.6. The first-order valence-electron chi connectivity index (χ1n) is 7.12. The van der Waals surface area contributed by atoms with E-state index in [4.69, 9.17) is 0 Å². The number of hydrogen-bond donors (Lipinski definition) is 1. The molecule has 8 nitrogen and oxygen atoms in total.